The molecule has 0 radical (unpaired) electrons. The first-order chi connectivity index (χ1) is 4.43. The van der Waals surface area contributed by atoms with Crippen LogP contribution in [0.5, 0.6) is 0 Å². The Kier molecular flexibility index (Phi) is 3.01. The molecule has 0 aromatic rings. The molecule has 1 unspecified atom stereocenters. The van der Waals surface area contributed by atoms with E-state index in [9.17, 15) is 0 Å². The quantitative estimate of drug-likeness (QED) is 0.617. The SMILES string of the molecule is CNCCC1CCCO1.[HH]. The van der Waals surface area contributed by atoms with Crippen molar-refractivity contribution in [2.45, 2.75) is 25.4 Å². The Morgan fingerprint density at radius 3 is 3.22 bits per heavy atom. The topological polar surface area (TPSA) is 21.3 Å². The van der Waals surface area contributed by atoms with Crippen LogP contribution in [0.15, 0.2) is 0 Å². The van der Waals surface area contributed by atoms with E-state index in [2.05, 4.69) is 5.32 Å². The van der Waals surface area contributed by atoms with E-state index in [1.165, 1.54) is 19.3 Å². The molecule has 0 saturated carbocycles. The van der Waals surface area contributed by atoms with Crippen molar-refractivity contribution in [1.82, 2.24) is 5.32 Å². The molecule has 0 aliphatic carbocycles. The van der Waals surface area contributed by atoms with Gasteiger partial charge in [0, 0.05) is 8.03 Å². The average molecular weight is 131 g/mol. The number of hydrogen-bond donors (Lipinski definition) is 1. The van der Waals surface area contributed by atoms with Gasteiger partial charge in [-0.15, -0.1) is 0 Å². The van der Waals surface area contributed by atoms with Crippen molar-refractivity contribution >= 4 is 0 Å². The van der Waals surface area contributed by atoms with Crippen LogP contribution in [0.3, 0.4) is 0 Å². The summed E-state index contributed by atoms with van der Waals surface area (Å²) in [4.78, 5) is 0. The maximum absolute atomic E-state index is 5.42. The van der Waals surface area contributed by atoms with Gasteiger partial charge < -0.3 is 10.1 Å². The minimum Gasteiger partial charge on any atom is -0.378 e. The summed E-state index contributed by atoms with van der Waals surface area (Å²) in [6.45, 7) is 2.07. The third kappa shape index (κ3) is 2.33. The van der Waals surface area contributed by atoms with Crippen molar-refractivity contribution in [1.29, 1.82) is 0 Å². The molecule has 1 fully saturated rings. The first-order valence-corrected chi connectivity index (χ1v) is 3.69. The lowest BCUT2D eigenvalue weighted by Crippen LogP contribution is -2.15. The lowest BCUT2D eigenvalue weighted by Gasteiger charge is -2.06. The zero-order chi connectivity index (χ0) is 6.53. The molecule has 0 aromatic carbocycles. The fraction of sp³-hybridized carbons (Fsp3) is 1.00. The van der Waals surface area contributed by atoms with Crippen LogP contribution in [0.4, 0.5) is 0 Å². The molecule has 1 heterocycles. The molecule has 0 aromatic heterocycles. The fourth-order valence-corrected chi connectivity index (χ4v) is 1.18. The monoisotopic (exact) mass is 131 g/mol. The van der Waals surface area contributed by atoms with Crippen LogP contribution in [0.25, 0.3) is 0 Å². The summed E-state index contributed by atoms with van der Waals surface area (Å²) in [6, 6.07) is 0. The van der Waals surface area contributed by atoms with E-state index in [1.54, 1.807) is 0 Å². The van der Waals surface area contributed by atoms with Gasteiger partial charge in [0.1, 0.15) is 0 Å². The lowest BCUT2D eigenvalue weighted by molar-refractivity contribution is 0.105. The molecule has 9 heavy (non-hydrogen) atoms. The summed E-state index contributed by atoms with van der Waals surface area (Å²) >= 11 is 0. The number of ether oxygens (including phenoxy) is 1. The standard InChI is InChI=1S/C7H15NO.H2/c1-8-5-4-7-3-2-6-9-7;/h7-8H,2-6H2,1H3;1H. The van der Waals surface area contributed by atoms with Crippen LogP contribution in [-0.4, -0.2) is 26.3 Å². The molecular formula is C7H17NO. The first kappa shape index (κ1) is 7.03. The molecule has 1 saturated heterocycles. The highest BCUT2D eigenvalue weighted by atomic mass is 16.5. The van der Waals surface area contributed by atoms with Crippen LogP contribution >= 0.6 is 0 Å². The molecule has 1 aliphatic heterocycles. The molecule has 2 nitrogen and oxygen atoms in total. The van der Waals surface area contributed by atoms with Crippen molar-refractivity contribution in [2.24, 2.45) is 0 Å². The van der Waals surface area contributed by atoms with Crippen molar-refractivity contribution in [2.75, 3.05) is 20.2 Å². The average Bonchev–Trinajstić information content (AvgIpc) is 2.34. The Balaban J connectivity index is 0.000000810. The molecule has 0 bridgehead atoms. The van der Waals surface area contributed by atoms with E-state index in [1.807, 2.05) is 7.05 Å². The summed E-state index contributed by atoms with van der Waals surface area (Å²) in [5, 5.41) is 3.11. The van der Waals surface area contributed by atoms with E-state index in [0.717, 1.165) is 13.2 Å². The van der Waals surface area contributed by atoms with Crippen LogP contribution in [0, 0.1) is 0 Å². The van der Waals surface area contributed by atoms with Crippen molar-refractivity contribution < 1.29 is 6.16 Å². The van der Waals surface area contributed by atoms with Crippen LogP contribution in [-0.2, 0) is 4.74 Å². The lowest BCUT2D eigenvalue weighted by atomic mass is 10.2. The van der Waals surface area contributed by atoms with Gasteiger partial charge in [-0.3, -0.25) is 0 Å². The molecule has 0 amide bonds. The Morgan fingerprint density at radius 2 is 2.67 bits per heavy atom. The second-order valence-corrected chi connectivity index (χ2v) is 2.53. The van der Waals surface area contributed by atoms with E-state index in [0.29, 0.717) is 6.10 Å². The zero-order valence-electron chi connectivity index (χ0n) is 6.02. The van der Waals surface area contributed by atoms with Gasteiger partial charge in [0.25, 0.3) is 0 Å². The maximum Gasteiger partial charge on any atom is 0.0588 e. The minimum atomic E-state index is 0. The molecular weight excluding hydrogens is 114 g/mol. The molecule has 1 atom stereocenters. The smallest absolute Gasteiger partial charge is 0.0588 e. The summed E-state index contributed by atoms with van der Waals surface area (Å²) in [5.41, 5.74) is 0. The largest absolute Gasteiger partial charge is 0.378 e. The molecule has 1 N–H and O–H groups in total. The van der Waals surface area contributed by atoms with Gasteiger partial charge in [-0.1, -0.05) is 0 Å². The van der Waals surface area contributed by atoms with Gasteiger partial charge in [0.2, 0.25) is 0 Å². The van der Waals surface area contributed by atoms with Gasteiger partial charge in [0.15, 0.2) is 0 Å². The Morgan fingerprint density at radius 1 is 1.78 bits per heavy atom. The number of hydrogen-bond acceptors (Lipinski definition) is 2. The summed E-state index contributed by atoms with van der Waals surface area (Å²) in [5.74, 6) is 0. The third-order valence-corrected chi connectivity index (χ3v) is 1.74. The van der Waals surface area contributed by atoms with Gasteiger partial charge in [-0.05, 0) is 32.9 Å². The predicted molar refractivity (Wildman–Crippen MR) is 39.6 cm³/mol. The fourth-order valence-electron chi connectivity index (χ4n) is 1.18. The Bertz CT molecular complexity index is 74.0. The van der Waals surface area contributed by atoms with Crippen molar-refractivity contribution in [3.05, 3.63) is 0 Å². The highest BCUT2D eigenvalue weighted by Crippen LogP contribution is 2.13. The van der Waals surface area contributed by atoms with Crippen molar-refractivity contribution in [3.63, 3.8) is 0 Å². The van der Waals surface area contributed by atoms with Gasteiger partial charge >= 0.3 is 0 Å². The van der Waals surface area contributed by atoms with E-state index in [-0.39, 0.29) is 1.43 Å². The first-order valence-electron chi connectivity index (χ1n) is 3.69. The second-order valence-electron chi connectivity index (χ2n) is 2.53. The highest BCUT2D eigenvalue weighted by Gasteiger charge is 2.13. The van der Waals surface area contributed by atoms with Gasteiger partial charge in [-0.2, -0.15) is 0 Å². The van der Waals surface area contributed by atoms with Crippen LogP contribution < -0.4 is 5.32 Å². The highest BCUT2D eigenvalue weighted by molar-refractivity contribution is 4.64. The molecule has 1 aliphatic rings. The molecule has 2 heteroatoms. The molecule has 1 rings (SSSR count). The van der Waals surface area contributed by atoms with Crippen molar-refractivity contribution in [3.8, 4) is 0 Å². The number of nitrogens with one attached hydrogen (secondary N) is 1. The van der Waals surface area contributed by atoms with Gasteiger partial charge in [0.05, 0.1) is 6.10 Å². The number of rotatable bonds is 3. The Labute approximate surface area is 58.1 Å². The molecule has 56 valence electrons. The van der Waals surface area contributed by atoms with Crippen LogP contribution in [0.2, 0.25) is 0 Å². The minimum absolute atomic E-state index is 0. The second kappa shape index (κ2) is 3.85. The third-order valence-electron chi connectivity index (χ3n) is 1.74. The van der Waals surface area contributed by atoms with Crippen LogP contribution in [0.1, 0.15) is 20.7 Å². The van der Waals surface area contributed by atoms with E-state index < -0.39 is 0 Å². The predicted octanol–water partition coefficient (Wildman–Crippen LogP) is 1.02. The summed E-state index contributed by atoms with van der Waals surface area (Å²) in [7, 11) is 1.98. The van der Waals surface area contributed by atoms with E-state index in [4.69, 9.17) is 4.74 Å². The van der Waals surface area contributed by atoms with Gasteiger partial charge in [-0.25, -0.2) is 0 Å². The summed E-state index contributed by atoms with van der Waals surface area (Å²) in [6.07, 6.45) is 4.25. The summed E-state index contributed by atoms with van der Waals surface area (Å²) < 4.78 is 5.42. The van der Waals surface area contributed by atoms with E-state index >= 15 is 0 Å². The maximum atomic E-state index is 5.42. The molecule has 0 spiro atoms. The Hall–Kier alpha value is -0.0800. The normalized spacial score (nSPS) is 27.0. The zero-order valence-corrected chi connectivity index (χ0v) is 6.02.